The van der Waals surface area contributed by atoms with E-state index < -0.39 is 24.5 Å². The van der Waals surface area contributed by atoms with E-state index in [0.29, 0.717) is 5.75 Å². The van der Waals surface area contributed by atoms with E-state index in [-0.39, 0.29) is 5.56 Å². The maximum atomic E-state index is 11.9. The van der Waals surface area contributed by atoms with Crippen molar-refractivity contribution in [3.05, 3.63) is 23.8 Å². The summed E-state index contributed by atoms with van der Waals surface area (Å²) in [4.78, 5) is 35.0. The second-order valence-electron chi connectivity index (χ2n) is 3.77. The molecule has 0 saturated heterocycles. The predicted octanol–water partition coefficient (Wildman–Crippen LogP) is 1.03. The van der Waals surface area contributed by atoms with Crippen LogP contribution in [0.15, 0.2) is 23.1 Å². The Morgan fingerprint density at radius 1 is 1.29 bits per heavy atom. The summed E-state index contributed by atoms with van der Waals surface area (Å²) in [6, 6.07) is 4.34. The van der Waals surface area contributed by atoms with Gasteiger partial charge >= 0.3 is 12.0 Å². The number of imide groups is 1. The number of hydrogen-bond donors (Lipinski definition) is 2. The fourth-order valence-electron chi connectivity index (χ4n) is 1.40. The molecule has 0 fully saturated rings. The first-order valence-corrected chi connectivity index (χ1v) is 7.15. The van der Waals surface area contributed by atoms with Gasteiger partial charge in [0.2, 0.25) is 0 Å². The van der Waals surface area contributed by atoms with E-state index in [1.807, 2.05) is 11.6 Å². The number of amides is 3. The zero-order valence-corrected chi connectivity index (χ0v) is 12.7. The average Bonchev–Trinajstić information content (AvgIpc) is 2.51. The number of nitrogens with one attached hydrogen (secondary N) is 2. The van der Waals surface area contributed by atoms with Crippen molar-refractivity contribution >= 4 is 29.7 Å². The highest BCUT2D eigenvalue weighted by molar-refractivity contribution is 7.98. The molecule has 0 atom stereocenters. The monoisotopic (exact) mass is 312 g/mol. The standard InChI is InChI=1S/C13H16N2O5S/c1-14-13(18)15-11(16)7-20-12(17)9-5-4-8(21-3)6-10(9)19-2/h4-6H,7H2,1-3H3,(H2,14,15,16,18). The van der Waals surface area contributed by atoms with E-state index in [1.165, 1.54) is 25.9 Å². The lowest BCUT2D eigenvalue weighted by Gasteiger charge is -2.10. The molecule has 7 nitrogen and oxygen atoms in total. The number of carbonyl (C=O) groups excluding carboxylic acids is 3. The van der Waals surface area contributed by atoms with Crippen LogP contribution < -0.4 is 15.4 Å². The van der Waals surface area contributed by atoms with E-state index in [1.54, 1.807) is 18.2 Å². The van der Waals surface area contributed by atoms with Gasteiger partial charge in [-0.15, -0.1) is 11.8 Å². The second kappa shape index (κ2) is 8.15. The molecule has 0 radical (unpaired) electrons. The van der Waals surface area contributed by atoms with Crippen molar-refractivity contribution < 1.29 is 23.9 Å². The summed E-state index contributed by atoms with van der Waals surface area (Å²) in [7, 11) is 2.81. The van der Waals surface area contributed by atoms with Gasteiger partial charge in [-0.2, -0.15) is 0 Å². The van der Waals surface area contributed by atoms with Crippen molar-refractivity contribution in [2.45, 2.75) is 4.90 Å². The maximum absolute atomic E-state index is 11.9. The molecule has 0 bridgehead atoms. The number of urea groups is 1. The number of hydrogen-bond acceptors (Lipinski definition) is 6. The topological polar surface area (TPSA) is 93.7 Å². The third kappa shape index (κ3) is 4.99. The molecular formula is C13H16N2O5S. The number of ether oxygens (including phenoxy) is 2. The van der Waals surface area contributed by atoms with Crippen LogP contribution in [-0.2, 0) is 9.53 Å². The summed E-state index contributed by atoms with van der Waals surface area (Å²) >= 11 is 1.51. The van der Waals surface area contributed by atoms with E-state index in [0.717, 1.165) is 4.90 Å². The van der Waals surface area contributed by atoms with Crippen LogP contribution in [0.1, 0.15) is 10.4 Å². The van der Waals surface area contributed by atoms with E-state index in [9.17, 15) is 14.4 Å². The van der Waals surface area contributed by atoms with Crippen molar-refractivity contribution in [2.75, 3.05) is 27.0 Å². The highest BCUT2D eigenvalue weighted by Crippen LogP contribution is 2.25. The molecule has 114 valence electrons. The van der Waals surface area contributed by atoms with Gasteiger partial charge in [-0.25, -0.2) is 9.59 Å². The number of methoxy groups -OCH3 is 1. The molecule has 1 rings (SSSR count). The fraction of sp³-hybridized carbons (Fsp3) is 0.308. The first-order chi connectivity index (χ1) is 10.0. The average molecular weight is 312 g/mol. The molecule has 0 aliphatic rings. The Morgan fingerprint density at radius 2 is 2.00 bits per heavy atom. The lowest BCUT2D eigenvalue weighted by molar-refractivity contribution is -0.123. The zero-order chi connectivity index (χ0) is 15.8. The lowest BCUT2D eigenvalue weighted by Crippen LogP contribution is -2.39. The van der Waals surface area contributed by atoms with Crippen molar-refractivity contribution in [1.29, 1.82) is 0 Å². The second-order valence-corrected chi connectivity index (χ2v) is 4.65. The molecule has 3 amide bonds. The minimum absolute atomic E-state index is 0.211. The number of carbonyl (C=O) groups is 3. The first kappa shape index (κ1) is 16.8. The largest absolute Gasteiger partial charge is 0.496 e. The Kier molecular flexibility index (Phi) is 6.54. The molecule has 0 heterocycles. The summed E-state index contributed by atoms with van der Waals surface area (Å²) in [5, 5.41) is 4.19. The zero-order valence-electron chi connectivity index (χ0n) is 11.9. The quantitative estimate of drug-likeness (QED) is 0.623. The Labute approximate surface area is 126 Å². The molecule has 0 saturated carbocycles. The summed E-state index contributed by atoms with van der Waals surface area (Å²) in [6.07, 6.45) is 1.90. The minimum atomic E-state index is -0.720. The maximum Gasteiger partial charge on any atom is 0.342 e. The number of benzene rings is 1. The normalized spacial score (nSPS) is 9.67. The van der Waals surface area contributed by atoms with Crippen molar-refractivity contribution in [1.82, 2.24) is 10.6 Å². The molecule has 8 heteroatoms. The van der Waals surface area contributed by atoms with Crippen LogP contribution in [0.2, 0.25) is 0 Å². The highest BCUT2D eigenvalue weighted by atomic mass is 32.2. The van der Waals surface area contributed by atoms with Crippen LogP contribution in [0.3, 0.4) is 0 Å². The van der Waals surface area contributed by atoms with Crippen molar-refractivity contribution in [3.63, 3.8) is 0 Å². The number of rotatable bonds is 5. The minimum Gasteiger partial charge on any atom is -0.496 e. The lowest BCUT2D eigenvalue weighted by atomic mass is 10.2. The summed E-state index contributed by atoms with van der Waals surface area (Å²) in [6.45, 7) is -0.556. The molecule has 0 unspecified atom stereocenters. The molecule has 1 aromatic carbocycles. The van der Waals surface area contributed by atoms with Gasteiger partial charge in [-0.3, -0.25) is 10.1 Å². The van der Waals surface area contributed by atoms with Crippen molar-refractivity contribution in [3.8, 4) is 5.75 Å². The van der Waals surface area contributed by atoms with Gasteiger partial charge in [0.25, 0.3) is 5.91 Å². The molecule has 0 spiro atoms. The Balaban J connectivity index is 2.67. The first-order valence-electron chi connectivity index (χ1n) is 5.92. The van der Waals surface area contributed by atoms with E-state index in [4.69, 9.17) is 9.47 Å². The van der Waals surface area contributed by atoms with E-state index >= 15 is 0 Å². The third-order valence-electron chi connectivity index (χ3n) is 2.44. The van der Waals surface area contributed by atoms with Crippen LogP contribution in [0, 0.1) is 0 Å². The smallest absolute Gasteiger partial charge is 0.342 e. The van der Waals surface area contributed by atoms with Gasteiger partial charge < -0.3 is 14.8 Å². The fourth-order valence-corrected chi connectivity index (χ4v) is 1.83. The summed E-state index contributed by atoms with van der Waals surface area (Å²) < 4.78 is 9.95. The molecule has 0 aliphatic carbocycles. The van der Waals surface area contributed by atoms with E-state index in [2.05, 4.69) is 5.32 Å². The van der Waals surface area contributed by atoms with Crippen LogP contribution in [-0.4, -0.2) is 44.9 Å². The van der Waals surface area contributed by atoms with Gasteiger partial charge in [0.15, 0.2) is 6.61 Å². The summed E-state index contributed by atoms with van der Waals surface area (Å²) in [5.74, 6) is -1.06. The molecule has 21 heavy (non-hydrogen) atoms. The van der Waals surface area contributed by atoms with Crippen LogP contribution in [0.4, 0.5) is 4.79 Å². The molecule has 1 aromatic rings. The van der Waals surface area contributed by atoms with Gasteiger partial charge in [-0.05, 0) is 24.5 Å². The van der Waals surface area contributed by atoms with Gasteiger partial charge in [0.05, 0.1) is 7.11 Å². The number of thioether (sulfide) groups is 1. The summed E-state index contributed by atoms with van der Waals surface area (Å²) in [5.41, 5.74) is 0.211. The Bertz CT molecular complexity index is 547. The molecule has 0 aliphatic heterocycles. The number of esters is 1. The van der Waals surface area contributed by atoms with Crippen LogP contribution in [0.5, 0.6) is 5.75 Å². The predicted molar refractivity (Wildman–Crippen MR) is 77.7 cm³/mol. The van der Waals surface area contributed by atoms with Crippen molar-refractivity contribution in [2.24, 2.45) is 0 Å². The third-order valence-corrected chi connectivity index (χ3v) is 3.17. The van der Waals surface area contributed by atoms with Gasteiger partial charge in [-0.1, -0.05) is 0 Å². The van der Waals surface area contributed by atoms with Crippen LogP contribution in [0.25, 0.3) is 0 Å². The SMILES string of the molecule is CNC(=O)NC(=O)COC(=O)c1ccc(SC)cc1OC. The van der Waals surface area contributed by atoms with Gasteiger partial charge in [0, 0.05) is 11.9 Å². The molecular weight excluding hydrogens is 296 g/mol. The Hall–Kier alpha value is -2.22. The van der Waals surface area contributed by atoms with Gasteiger partial charge in [0.1, 0.15) is 11.3 Å². The Morgan fingerprint density at radius 3 is 2.57 bits per heavy atom. The molecule has 0 aromatic heterocycles. The highest BCUT2D eigenvalue weighted by Gasteiger charge is 2.16. The molecule has 2 N–H and O–H groups in total. The van der Waals surface area contributed by atoms with Crippen LogP contribution >= 0.6 is 11.8 Å².